The summed E-state index contributed by atoms with van der Waals surface area (Å²) < 4.78 is 110. The van der Waals surface area contributed by atoms with Gasteiger partial charge in [-0.3, -0.25) is 9.52 Å². The van der Waals surface area contributed by atoms with E-state index in [0.29, 0.717) is 0 Å². The van der Waals surface area contributed by atoms with E-state index in [-0.39, 0.29) is 42.8 Å². The summed E-state index contributed by atoms with van der Waals surface area (Å²) in [6, 6.07) is 3.76. The van der Waals surface area contributed by atoms with Crippen molar-refractivity contribution >= 4 is 27.3 Å². The molecule has 2 aromatic carbocycles. The second-order valence-electron chi connectivity index (χ2n) is 6.55. The van der Waals surface area contributed by atoms with Crippen molar-refractivity contribution in [3.05, 3.63) is 47.5 Å². The first-order valence-corrected chi connectivity index (χ1v) is 10.0. The number of anilines is 2. The Morgan fingerprint density at radius 1 is 1.00 bits per heavy atom. The molecule has 0 bridgehead atoms. The van der Waals surface area contributed by atoms with E-state index in [1.807, 2.05) is 0 Å². The lowest BCUT2D eigenvalue weighted by molar-refractivity contribution is -0.143. The summed E-state index contributed by atoms with van der Waals surface area (Å²) >= 11 is 0. The number of carbonyl (C=O) groups is 1. The fourth-order valence-electron chi connectivity index (χ4n) is 2.92. The first-order valence-electron chi connectivity index (χ1n) is 8.56. The van der Waals surface area contributed by atoms with Crippen LogP contribution in [0.4, 0.5) is 37.7 Å². The van der Waals surface area contributed by atoms with Gasteiger partial charge in [0, 0.05) is 6.92 Å². The summed E-state index contributed by atoms with van der Waals surface area (Å²) in [7, 11) is -4.60. The molecule has 0 fully saturated rings. The van der Waals surface area contributed by atoms with Gasteiger partial charge >= 0.3 is 12.4 Å². The van der Waals surface area contributed by atoms with Gasteiger partial charge in [0.05, 0.1) is 33.9 Å². The Morgan fingerprint density at radius 3 is 2.10 bits per heavy atom. The van der Waals surface area contributed by atoms with Crippen LogP contribution in [0.15, 0.2) is 41.3 Å². The van der Waals surface area contributed by atoms with Crippen LogP contribution in [0, 0.1) is 0 Å². The van der Waals surface area contributed by atoms with Gasteiger partial charge in [0.15, 0.2) is 0 Å². The van der Waals surface area contributed by atoms with Gasteiger partial charge in [-0.2, -0.15) is 26.3 Å². The van der Waals surface area contributed by atoms with Crippen molar-refractivity contribution in [2.45, 2.75) is 24.2 Å². The number of benzene rings is 2. The number of ether oxygens (including phenoxy) is 1. The lowest BCUT2D eigenvalue weighted by atomic mass is 10.1. The van der Waals surface area contributed by atoms with Crippen LogP contribution in [0.1, 0.15) is 18.1 Å². The van der Waals surface area contributed by atoms with Crippen LogP contribution in [0.5, 0.6) is 5.75 Å². The van der Waals surface area contributed by atoms with Gasteiger partial charge in [-0.15, -0.1) is 0 Å². The Hall–Kier alpha value is -2.96. The molecule has 31 heavy (non-hydrogen) atoms. The van der Waals surface area contributed by atoms with Crippen molar-refractivity contribution in [1.29, 1.82) is 0 Å². The van der Waals surface area contributed by atoms with Crippen molar-refractivity contribution in [2.24, 2.45) is 0 Å². The zero-order valence-corrected chi connectivity index (χ0v) is 16.5. The summed E-state index contributed by atoms with van der Waals surface area (Å²) in [6.45, 7) is 1.55. The normalized spacial score (nSPS) is 14.6. The van der Waals surface area contributed by atoms with Crippen molar-refractivity contribution in [3.8, 4) is 5.75 Å². The van der Waals surface area contributed by atoms with Gasteiger partial charge in [-0.05, 0) is 36.4 Å². The fourth-order valence-corrected chi connectivity index (χ4v) is 3.98. The Balaban J connectivity index is 2.03. The smallest absolute Gasteiger partial charge is 0.416 e. The van der Waals surface area contributed by atoms with Gasteiger partial charge < -0.3 is 9.64 Å². The van der Waals surface area contributed by atoms with E-state index in [1.54, 1.807) is 4.72 Å². The highest BCUT2D eigenvalue weighted by molar-refractivity contribution is 7.92. The van der Waals surface area contributed by atoms with Crippen LogP contribution in [-0.4, -0.2) is 27.5 Å². The third-order valence-corrected chi connectivity index (χ3v) is 5.70. The van der Waals surface area contributed by atoms with Gasteiger partial charge in [-0.1, -0.05) is 0 Å². The molecular weight excluding hydrogens is 454 g/mol. The summed E-state index contributed by atoms with van der Waals surface area (Å²) in [6.07, 6.45) is -10.3. The molecule has 0 unspecified atom stereocenters. The molecule has 1 aliphatic rings. The van der Waals surface area contributed by atoms with Crippen LogP contribution < -0.4 is 14.4 Å². The number of hydrogen-bond donors (Lipinski definition) is 1. The number of rotatable bonds is 3. The minimum Gasteiger partial charge on any atom is -0.490 e. The zero-order valence-electron chi connectivity index (χ0n) is 15.6. The number of halogens is 6. The predicted molar refractivity (Wildman–Crippen MR) is 97.2 cm³/mol. The molecule has 0 saturated heterocycles. The molecule has 0 radical (unpaired) electrons. The SMILES string of the molecule is CC(=O)N1CCOc2ccc(S(=O)(=O)Nc3cc(C(F)(F)F)cc(C(F)(F)F)c3)cc21. The number of amides is 1. The summed E-state index contributed by atoms with van der Waals surface area (Å²) in [5.74, 6) is -0.196. The molecule has 0 spiro atoms. The topological polar surface area (TPSA) is 75.7 Å². The van der Waals surface area contributed by atoms with Gasteiger partial charge in [0.1, 0.15) is 12.4 Å². The van der Waals surface area contributed by atoms with Gasteiger partial charge in [0.2, 0.25) is 5.91 Å². The average molecular weight is 468 g/mol. The number of fused-ring (bicyclic) bond motifs is 1. The molecule has 3 rings (SSSR count). The number of alkyl halides is 6. The monoisotopic (exact) mass is 468 g/mol. The van der Waals surface area contributed by atoms with Crippen LogP contribution in [0.3, 0.4) is 0 Å². The fraction of sp³-hybridized carbons (Fsp3) is 0.278. The Morgan fingerprint density at radius 2 is 1.58 bits per heavy atom. The average Bonchev–Trinajstić information content (AvgIpc) is 2.65. The van der Waals surface area contributed by atoms with Crippen LogP contribution in [0.25, 0.3) is 0 Å². The lowest BCUT2D eigenvalue weighted by Gasteiger charge is -2.29. The number of nitrogens with zero attached hydrogens (tertiary/aromatic N) is 1. The Bertz CT molecular complexity index is 1100. The quantitative estimate of drug-likeness (QED) is 0.683. The molecule has 13 heteroatoms. The van der Waals surface area contributed by atoms with E-state index in [4.69, 9.17) is 4.74 Å². The molecule has 0 atom stereocenters. The first-order chi connectivity index (χ1) is 14.2. The maximum atomic E-state index is 13.0. The standard InChI is InChI=1S/C18H14F6N2O4S/c1-10(27)26-4-5-30-16-3-2-14(9-15(16)26)31(28,29)25-13-7-11(17(19,20)21)6-12(8-13)18(22,23)24/h2-3,6-9,25H,4-5H2,1H3. The van der Waals surface area contributed by atoms with Crippen molar-refractivity contribution < 1.29 is 44.3 Å². The summed E-state index contributed by atoms with van der Waals surface area (Å²) in [5.41, 5.74) is -4.13. The largest absolute Gasteiger partial charge is 0.490 e. The molecule has 168 valence electrons. The minimum absolute atomic E-state index is 0.112. The van der Waals surface area contributed by atoms with Crippen molar-refractivity contribution in [2.75, 3.05) is 22.8 Å². The third kappa shape index (κ3) is 4.86. The second kappa shape index (κ2) is 7.62. The number of carbonyl (C=O) groups excluding carboxylic acids is 1. The third-order valence-electron chi connectivity index (χ3n) is 4.32. The van der Waals surface area contributed by atoms with E-state index in [9.17, 15) is 39.6 Å². The highest BCUT2D eigenvalue weighted by Gasteiger charge is 2.37. The number of nitrogens with one attached hydrogen (secondary N) is 1. The molecule has 1 N–H and O–H groups in total. The van der Waals surface area contributed by atoms with Crippen LogP contribution in [0.2, 0.25) is 0 Å². The summed E-state index contributed by atoms with van der Waals surface area (Å²) in [5, 5.41) is 0. The molecular formula is C18H14F6N2O4S. The highest BCUT2D eigenvalue weighted by Crippen LogP contribution is 2.39. The molecule has 0 saturated carbocycles. The Kier molecular flexibility index (Phi) is 5.59. The van der Waals surface area contributed by atoms with Crippen LogP contribution in [-0.2, 0) is 27.2 Å². The predicted octanol–water partition coefficient (Wildman–Crippen LogP) is 4.27. The van der Waals surface area contributed by atoms with Crippen LogP contribution >= 0.6 is 0 Å². The van der Waals surface area contributed by atoms with E-state index < -0.39 is 50.0 Å². The van der Waals surface area contributed by atoms with Crippen molar-refractivity contribution in [1.82, 2.24) is 0 Å². The van der Waals surface area contributed by atoms with E-state index in [2.05, 4.69) is 0 Å². The Labute approximate surface area is 172 Å². The molecule has 0 aromatic heterocycles. The first kappa shape index (κ1) is 22.7. The molecule has 1 heterocycles. The van der Waals surface area contributed by atoms with E-state index in [0.717, 1.165) is 12.1 Å². The van der Waals surface area contributed by atoms with Crippen molar-refractivity contribution in [3.63, 3.8) is 0 Å². The molecule has 6 nitrogen and oxygen atoms in total. The highest BCUT2D eigenvalue weighted by atomic mass is 32.2. The maximum absolute atomic E-state index is 13.0. The summed E-state index contributed by atoms with van der Waals surface area (Å²) in [4.78, 5) is 12.5. The van der Waals surface area contributed by atoms with E-state index in [1.165, 1.54) is 17.9 Å². The zero-order chi connectivity index (χ0) is 23.2. The lowest BCUT2D eigenvalue weighted by Crippen LogP contribution is -2.36. The minimum atomic E-state index is -5.13. The molecule has 0 aliphatic carbocycles. The molecule has 2 aromatic rings. The number of hydrogen-bond acceptors (Lipinski definition) is 4. The second-order valence-corrected chi connectivity index (χ2v) is 8.23. The van der Waals surface area contributed by atoms with Gasteiger partial charge in [-0.25, -0.2) is 8.42 Å². The molecule has 1 amide bonds. The van der Waals surface area contributed by atoms with E-state index >= 15 is 0 Å². The van der Waals surface area contributed by atoms with Gasteiger partial charge in [0.25, 0.3) is 10.0 Å². The number of sulfonamides is 1. The molecule has 1 aliphatic heterocycles. The maximum Gasteiger partial charge on any atom is 0.416 e.